The molecule has 0 bridgehead atoms. The van der Waals surface area contributed by atoms with Crippen LogP contribution in [0.25, 0.3) is 0 Å². The molecule has 1 aliphatic rings. The first-order valence-electron chi connectivity index (χ1n) is 5.95. The molecular weight excluding hydrogens is 252 g/mol. The second kappa shape index (κ2) is 4.53. The third-order valence-corrected chi connectivity index (χ3v) is 3.47. The average molecular weight is 265 g/mol. The highest BCUT2D eigenvalue weighted by Crippen LogP contribution is 2.30. The minimum atomic E-state index is -0.138. The molecule has 5 heteroatoms. The number of hydrogen-bond acceptors (Lipinski definition) is 2. The molecule has 2 aromatic rings. The highest BCUT2D eigenvalue weighted by Gasteiger charge is 2.24. The van der Waals surface area contributed by atoms with Crippen molar-refractivity contribution in [3.8, 4) is 0 Å². The van der Waals surface area contributed by atoms with Gasteiger partial charge in [-0.3, -0.25) is 4.79 Å². The Bertz CT molecular complexity index is 573. The number of amides is 1. The second-order valence-corrected chi connectivity index (χ2v) is 4.89. The van der Waals surface area contributed by atoms with E-state index in [0.29, 0.717) is 10.7 Å². The Morgan fingerprint density at radius 2 is 2.44 bits per heavy atom. The van der Waals surface area contributed by atoms with Gasteiger partial charge in [0.05, 0.1) is 17.3 Å². The highest BCUT2D eigenvalue weighted by atomic mass is 35.5. The zero-order chi connectivity index (χ0) is 12.5. The van der Waals surface area contributed by atoms with Gasteiger partial charge in [-0.15, -0.1) is 0 Å². The zero-order valence-corrected chi connectivity index (χ0v) is 10.5. The number of nitrogens with one attached hydrogen (secondary N) is 2. The van der Waals surface area contributed by atoms with Gasteiger partial charge in [0.1, 0.15) is 11.5 Å². The average Bonchev–Trinajstić information content (AvgIpc) is 2.97. The summed E-state index contributed by atoms with van der Waals surface area (Å²) in [5.74, 6) is 0.844. The van der Waals surface area contributed by atoms with E-state index < -0.39 is 0 Å². The Labute approximate surface area is 109 Å². The molecule has 0 fully saturated rings. The first-order valence-corrected chi connectivity index (χ1v) is 6.33. The fourth-order valence-corrected chi connectivity index (χ4v) is 2.54. The molecule has 1 unspecified atom stereocenters. The van der Waals surface area contributed by atoms with E-state index in [1.54, 1.807) is 18.5 Å². The van der Waals surface area contributed by atoms with Gasteiger partial charge in [0.2, 0.25) is 0 Å². The maximum absolute atomic E-state index is 12.0. The van der Waals surface area contributed by atoms with Crippen molar-refractivity contribution in [2.45, 2.75) is 25.3 Å². The van der Waals surface area contributed by atoms with Crippen molar-refractivity contribution in [2.24, 2.45) is 0 Å². The second-order valence-electron chi connectivity index (χ2n) is 4.45. The lowest BCUT2D eigenvalue weighted by Crippen LogP contribution is -2.30. The van der Waals surface area contributed by atoms with E-state index in [4.69, 9.17) is 16.0 Å². The van der Waals surface area contributed by atoms with Crippen LogP contribution in [0.3, 0.4) is 0 Å². The maximum atomic E-state index is 12.0. The van der Waals surface area contributed by atoms with Crippen molar-refractivity contribution in [2.75, 3.05) is 0 Å². The molecular formula is C13H13ClN2O2. The number of aromatic amines is 1. The van der Waals surface area contributed by atoms with E-state index in [1.165, 1.54) is 0 Å². The van der Waals surface area contributed by atoms with Crippen LogP contribution in [0, 0.1) is 0 Å². The largest absolute Gasteiger partial charge is 0.469 e. The molecule has 3 rings (SSSR count). The lowest BCUT2D eigenvalue weighted by molar-refractivity contribution is 0.0928. The molecule has 0 radical (unpaired) electrons. The van der Waals surface area contributed by atoms with Gasteiger partial charge in [0.25, 0.3) is 5.91 Å². The van der Waals surface area contributed by atoms with Gasteiger partial charge in [0.15, 0.2) is 0 Å². The minimum Gasteiger partial charge on any atom is -0.469 e. The van der Waals surface area contributed by atoms with Crippen LogP contribution in [0.15, 0.2) is 29.0 Å². The van der Waals surface area contributed by atoms with Crippen LogP contribution in [0.2, 0.25) is 5.02 Å². The van der Waals surface area contributed by atoms with Gasteiger partial charge >= 0.3 is 0 Å². The number of carbonyl (C=O) groups excluding carboxylic acids is 1. The Kier molecular flexibility index (Phi) is 2.88. The molecule has 0 saturated carbocycles. The molecule has 1 amide bonds. The number of H-pyrrole nitrogens is 1. The quantitative estimate of drug-likeness (QED) is 0.876. The Hall–Kier alpha value is -1.68. The number of aromatic nitrogens is 1. The van der Waals surface area contributed by atoms with Crippen LogP contribution in [0.1, 0.15) is 40.7 Å². The lowest BCUT2D eigenvalue weighted by Gasteiger charge is -2.22. The first kappa shape index (κ1) is 11.4. The fraction of sp³-hybridized carbons (Fsp3) is 0.308. The Balaban J connectivity index is 1.77. The van der Waals surface area contributed by atoms with E-state index >= 15 is 0 Å². The summed E-state index contributed by atoms with van der Waals surface area (Å²) in [4.78, 5) is 14.9. The van der Waals surface area contributed by atoms with Crippen molar-refractivity contribution in [1.82, 2.24) is 10.3 Å². The number of aryl methyl sites for hydroxylation is 1. The number of halogens is 1. The molecule has 18 heavy (non-hydrogen) atoms. The normalized spacial score (nSPS) is 18.4. The highest BCUT2D eigenvalue weighted by molar-refractivity contribution is 6.30. The minimum absolute atomic E-state index is 0.0297. The van der Waals surface area contributed by atoms with Gasteiger partial charge in [-0.25, -0.2) is 0 Å². The molecule has 2 heterocycles. The summed E-state index contributed by atoms with van der Waals surface area (Å²) >= 11 is 5.78. The van der Waals surface area contributed by atoms with Crippen LogP contribution in [0.4, 0.5) is 0 Å². The number of rotatable bonds is 2. The van der Waals surface area contributed by atoms with Gasteiger partial charge in [-0.2, -0.15) is 0 Å². The molecule has 1 aliphatic carbocycles. The van der Waals surface area contributed by atoms with Crippen molar-refractivity contribution >= 4 is 17.5 Å². The summed E-state index contributed by atoms with van der Waals surface area (Å²) in [5, 5.41) is 3.54. The summed E-state index contributed by atoms with van der Waals surface area (Å²) in [6, 6.07) is 3.58. The topological polar surface area (TPSA) is 58.0 Å². The van der Waals surface area contributed by atoms with Crippen LogP contribution in [-0.2, 0) is 6.42 Å². The van der Waals surface area contributed by atoms with Gasteiger partial charge in [-0.05, 0) is 25.0 Å². The first-order chi connectivity index (χ1) is 8.74. The van der Waals surface area contributed by atoms with E-state index in [9.17, 15) is 4.79 Å². The summed E-state index contributed by atoms with van der Waals surface area (Å²) in [5.41, 5.74) is 1.57. The molecule has 0 aliphatic heterocycles. The molecule has 0 aromatic carbocycles. The predicted octanol–water partition coefficient (Wildman–Crippen LogP) is 3.07. The molecule has 1 atom stereocenters. The molecule has 0 spiro atoms. The van der Waals surface area contributed by atoms with E-state index in [2.05, 4.69) is 10.3 Å². The van der Waals surface area contributed by atoms with Crippen LogP contribution >= 0.6 is 11.6 Å². The molecule has 2 aromatic heterocycles. The van der Waals surface area contributed by atoms with Gasteiger partial charge in [0, 0.05) is 18.2 Å². The molecule has 0 saturated heterocycles. The van der Waals surface area contributed by atoms with Crippen LogP contribution in [0.5, 0.6) is 0 Å². The maximum Gasteiger partial charge on any atom is 0.268 e. The van der Waals surface area contributed by atoms with Crippen molar-refractivity contribution < 1.29 is 9.21 Å². The predicted molar refractivity (Wildman–Crippen MR) is 67.7 cm³/mol. The number of carbonyl (C=O) groups is 1. The third-order valence-electron chi connectivity index (χ3n) is 3.25. The van der Waals surface area contributed by atoms with Gasteiger partial charge < -0.3 is 14.7 Å². The van der Waals surface area contributed by atoms with Crippen LogP contribution in [-0.4, -0.2) is 10.9 Å². The number of hydrogen-bond donors (Lipinski definition) is 2. The Morgan fingerprint density at radius 3 is 3.22 bits per heavy atom. The third kappa shape index (κ3) is 2.04. The Morgan fingerprint density at radius 1 is 1.56 bits per heavy atom. The van der Waals surface area contributed by atoms with Crippen LogP contribution < -0.4 is 5.32 Å². The zero-order valence-electron chi connectivity index (χ0n) is 9.70. The summed E-state index contributed by atoms with van der Waals surface area (Å²) in [6.45, 7) is 0. The smallest absolute Gasteiger partial charge is 0.268 e. The van der Waals surface area contributed by atoms with E-state index in [1.807, 2.05) is 6.07 Å². The summed E-state index contributed by atoms with van der Waals surface area (Å²) < 4.78 is 5.40. The molecule has 4 nitrogen and oxygen atoms in total. The van der Waals surface area contributed by atoms with E-state index in [-0.39, 0.29) is 11.9 Å². The standard InChI is InChI=1S/C13H13ClN2O2/c14-8-6-11(15-7-8)13(17)16-10-2-1-3-12-9(10)4-5-18-12/h4-7,10,15H,1-3H2,(H,16,17). The number of fused-ring (bicyclic) bond motifs is 1. The SMILES string of the molecule is O=C(NC1CCCc2occc21)c1cc(Cl)c[nH]1. The fourth-order valence-electron chi connectivity index (χ4n) is 2.37. The molecule has 2 N–H and O–H groups in total. The van der Waals surface area contributed by atoms with Gasteiger partial charge in [-0.1, -0.05) is 11.6 Å². The lowest BCUT2D eigenvalue weighted by atomic mass is 9.93. The summed E-state index contributed by atoms with van der Waals surface area (Å²) in [7, 11) is 0. The van der Waals surface area contributed by atoms with Crippen molar-refractivity contribution in [1.29, 1.82) is 0 Å². The monoisotopic (exact) mass is 264 g/mol. The van der Waals surface area contributed by atoms with Crippen molar-refractivity contribution in [3.05, 3.63) is 46.6 Å². The summed E-state index contributed by atoms with van der Waals surface area (Å²) in [6.07, 6.45) is 6.19. The number of furan rings is 1. The molecule has 94 valence electrons. The van der Waals surface area contributed by atoms with E-state index in [0.717, 1.165) is 30.6 Å². The van der Waals surface area contributed by atoms with Crippen molar-refractivity contribution in [3.63, 3.8) is 0 Å².